The molecular weight excluding hydrogens is 180 g/mol. The summed E-state index contributed by atoms with van der Waals surface area (Å²) >= 11 is 0. The summed E-state index contributed by atoms with van der Waals surface area (Å²) in [7, 11) is 1.66. The number of nitrogens with zero attached hydrogens (tertiary/aromatic N) is 2. The molecule has 4 heteroatoms. The van der Waals surface area contributed by atoms with Gasteiger partial charge in [0.2, 0.25) is 0 Å². The summed E-state index contributed by atoms with van der Waals surface area (Å²) in [5.41, 5.74) is 0. The van der Waals surface area contributed by atoms with Crippen LogP contribution in [-0.4, -0.2) is 49.5 Å². The van der Waals surface area contributed by atoms with Gasteiger partial charge in [-0.15, -0.1) is 0 Å². The number of methoxy groups -OCH3 is 1. The third-order valence-corrected chi connectivity index (χ3v) is 2.28. The fourth-order valence-corrected chi connectivity index (χ4v) is 1.45. The molecule has 0 fully saturated rings. The highest BCUT2D eigenvalue weighted by Gasteiger charge is 2.15. The Morgan fingerprint density at radius 2 is 2.21 bits per heavy atom. The minimum Gasteiger partial charge on any atom is -0.395 e. The Balaban J connectivity index is 4.06. The molecule has 14 heavy (non-hydrogen) atoms. The molecule has 0 aromatic heterocycles. The molecule has 0 bridgehead atoms. The molecule has 82 valence electrons. The number of hydrogen-bond donors (Lipinski definition) is 1. The van der Waals surface area contributed by atoms with Gasteiger partial charge < -0.3 is 9.84 Å². The van der Waals surface area contributed by atoms with Crippen molar-refractivity contribution in [3.8, 4) is 6.07 Å². The number of aliphatic hydroxyl groups is 1. The maximum absolute atomic E-state index is 8.88. The lowest BCUT2D eigenvalue weighted by Crippen LogP contribution is -2.39. The van der Waals surface area contributed by atoms with Crippen LogP contribution >= 0.6 is 0 Å². The zero-order chi connectivity index (χ0) is 10.8. The molecule has 0 heterocycles. The summed E-state index contributed by atoms with van der Waals surface area (Å²) in [6.07, 6.45) is 1.44. The van der Waals surface area contributed by atoms with E-state index in [-0.39, 0.29) is 12.6 Å². The Morgan fingerprint density at radius 1 is 1.50 bits per heavy atom. The molecule has 0 aromatic carbocycles. The topological polar surface area (TPSA) is 56.5 Å². The van der Waals surface area contributed by atoms with Gasteiger partial charge in [0, 0.05) is 26.2 Å². The molecule has 1 unspecified atom stereocenters. The normalized spacial score (nSPS) is 12.8. The fourth-order valence-electron chi connectivity index (χ4n) is 1.45. The van der Waals surface area contributed by atoms with E-state index < -0.39 is 0 Å². The Bertz CT molecular complexity index is 168. The fraction of sp³-hybridized carbons (Fsp3) is 0.900. The Morgan fingerprint density at radius 3 is 2.64 bits per heavy atom. The lowest BCUT2D eigenvalue weighted by Gasteiger charge is -2.28. The van der Waals surface area contributed by atoms with Crippen LogP contribution in [0.4, 0.5) is 0 Å². The molecule has 0 saturated heterocycles. The number of aliphatic hydroxyl groups excluding tert-OH is 1. The molecule has 0 amide bonds. The molecule has 0 aliphatic rings. The number of nitriles is 1. The van der Waals surface area contributed by atoms with E-state index in [0.29, 0.717) is 19.6 Å². The summed E-state index contributed by atoms with van der Waals surface area (Å²) in [4.78, 5) is 2.10. The van der Waals surface area contributed by atoms with E-state index in [0.717, 1.165) is 13.0 Å². The largest absolute Gasteiger partial charge is 0.395 e. The van der Waals surface area contributed by atoms with Crippen LogP contribution in [0.25, 0.3) is 0 Å². The molecule has 0 aliphatic heterocycles. The third-order valence-electron chi connectivity index (χ3n) is 2.28. The molecule has 1 atom stereocenters. The number of hydrogen-bond acceptors (Lipinski definition) is 4. The van der Waals surface area contributed by atoms with Crippen LogP contribution in [0.5, 0.6) is 0 Å². The van der Waals surface area contributed by atoms with Crippen LogP contribution in [0.3, 0.4) is 0 Å². The van der Waals surface area contributed by atoms with Crippen LogP contribution < -0.4 is 0 Å². The first-order chi connectivity index (χ1) is 6.79. The molecule has 0 saturated carbocycles. The zero-order valence-electron chi connectivity index (χ0n) is 9.07. The van der Waals surface area contributed by atoms with Crippen molar-refractivity contribution in [2.75, 3.05) is 33.4 Å². The van der Waals surface area contributed by atoms with Crippen molar-refractivity contribution >= 4 is 0 Å². The van der Waals surface area contributed by atoms with Gasteiger partial charge in [-0.3, -0.25) is 4.90 Å². The lowest BCUT2D eigenvalue weighted by molar-refractivity contribution is 0.100. The second kappa shape index (κ2) is 8.95. The van der Waals surface area contributed by atoms with Crippen molar-refractivity contribution in [1.82, 2.24) is 4.90 Å². The molecule has 0 aromatic rings. The minimum atomic E-state index is 0.131. The highest BCUT2D eigenvalue weighted by atomic mass is 16.5. The van der Waals surface area contributed by atoms with E-state index in [1.807, 2.05) is 0 Å². The van der Waals surface area contributed by atoms with E-state index in [1.165, 1.54) is 0 Å². The van der Waals surface area contributed by atoms with Crippen molar-refractivity contribution in [3.05, 3.63) is 0 Å². The summed E-state index contributed by atoms with van der Waals surface area (Å²) in [6, 6.07) is 2.41. The Kier molecular flexibility index (Phi) is 8.54. The van der Waals surface area contributed by atoms with Crippen LogP contribution in [0.2, 0.25) is 0 Å². The Hall–Kier alpha value is -0.630. The second-order valence-electron chi connectivity index (χ2n) is 3.18. The van der Waals surface area contributed by atoms with Crippen molar-refractivity contribution < 1.29 is 9.84 Å². The SMILES string of the molecule is CCC(CC#N)N(CCO)CCOC. The van der Waals surface area contributed by atoms with Crippen LogP contribution in [-0.2, 0) is 4.74 Å². The second-order valence-corrected chi connectivity index (χ2v) is 3.18. The quantitative estimate of drug-likeness (QED) is 0.624. The zero-order valence-corrected chi connectivity index (χ0v) is 9.07. The van der Waals surface area contributed by atoms with Crippen LogP contribution in [0, 0.1) is 11.3 Å². The lowest BCUT2D eigenvalue weighted by atomic mass is 10.1. The van der Waals surface area contributed by atoms with E-state index in [9.17, 15) is 0 Å². The summed E-state index contributed by atoms with van der Waals surface area (Å²) in [5, 5.41) is 17.5. The Labute approximate surface area is 86.1 Å². The number of rotatable bonds is 8. The summed E-state index contributed by atoms with van der Waals surface area (Å²) in [6.45, 7) is 4.22. The average molecular weight is 200 g/mol. The first kappa shape index (κ1) is 13.4. The molecular formula is C10H20N2O2. The monoisotopic (exact) mass is 200 g/mol. The molecule has 1 N–H and O–H groups in total. The molecule has 4 nitrogen and oxygen atoms in total. The van der Waals surface area contributed by atoms with Crippen molar-refractivity contribution in [3.63, 3.8) is 0 Å². The van der Waals surface area contributed by atoms with Crippen molar-refractivity contribution in [2.24, 2.45) is 0 Å². The van der Waals surface area contributed by atoms with E-state index in [1.54, 1.807) is 7.11 Å². The van der Waals surface area contributed by atoms with Gasteiger partial charge in [0.15, 0.2) is 0 Å². The van der Waals surface area contributed by atoms with Crippen molar-refractivity contribution in [1.29, 1.82) is 5.26 Å². The molecule has 0 radical (unpaired) electrons. The van der Waals surface area contributed by atoms with Crippen LogP contribution in [0.1, 0.15) is 19.8 Å². The third kappa shape index (κ3) is 5.18. The summed E-state index contributed by atoms with van der Waals surface area (Å²) in [5.74, 6) is 0. The van der Waals surface area contributed by atoms with Crippen LogP contribution in [0.15, 0.2) is 0 Å². The molecule has 0 spiro atoms. The van der Waals surface area contributed by atoms with Gasteiger partial charge in [0.1, 0.15) is 0 Å². The van der Waals surface area contributed by atoms with E-state index in [4.69, 9.17) is 15.1 Å². The highest BCUT2D eigenvalue weighted by Crippen LogP contribution is 2.07. The first-order valence-corrected chi connectivity index (χ1v) is 5.00. The molecule has 0 rings (SSSR count). The van der Waals surface area contributed by atoms with Gasteiger partial charge in [-0.05, 0) is 6.42 Å². The van der Waals surface area contributed by atoms with Gasteiger partial charge in [0.25, 0.3) is 0 Å². The predicted octanol–water partition coefficient (Wildman–Crippen LogP) is 0.619. The molecule has 0 aliphatic carbocycles. The van der Waals surface area contributed by atoms with Gasteiger partial charge in [-0.1, -0.05) is 6.92 Å². The standard InChI is InChI=1S/C10H20N2O2/c1-3-10(4-5-11)12(6-8-13)7-9-14-2/h10,13H,3-4,6-9H2,1-2H3. The maximum atomic E-state index is 8.88. The van der Waals surface area contributed by atoms with Gasteiger partial charge in [0.05, 0.1) is 25.7 Å². The highest BCUT2D eigenvalue weighted by molar-refractivity contribution is 4.81. The minimum absolute atomic E-state index is 0.131. The predicted molar refractivity (Wildman–Crippen MR) is 54.8 cm³/mol. The van der Waals surface area contributed by atoms with Gasteiger partial charge in [-0.2, -0.15) is 5.26 Å². The first-order valence-electron chi connectivity index (χ1n) is 5.00. The number of ether oxygens (including phenoxy) is 1. The van der Waals surface area contributed by atoms with Gasteiger partial charge in [-0.25, -0.2) is 0 Å². The van der Waals surface area contributed by atoms with E-state index >= 15 is 0 Å². The smallest absolute Gasteiger partial charge is 0.0638 e. The van der Waals surface area contributed by atoms with E-state index in [2.05, 4.69) is 17.9 Å². The maximum Gasteiger partial charge on any atom is 0.0638 e. The van der Waals surface area contributed by atoms with Crippen molar-refractivity contribution in [2.45, 2.75) is 25.8 Å². The summed E-state index contributed by atoms with van der Waals surface area (Å²) < 4.78 is 4.99. The van der Waals surface area contributed by atoms with Gasteiger partial charge >= 0.3 is 0 Å². The average Bonchev–Trinajstić information content (AvgIpc) is 2.21.